The van der Waals surface area contributed by atoms with Gasteiger partial charge in [0.05, 0.1) is 10.7 Å². The second-order valence-corrected chi connectivity index (χ2v) is 8.86. The van der Waals surface area contributed by atoms with E-state index in [4.69, 9.17) is 0 Å². The number of carbonyl (C=O) groups excluding carboxylic acids is 1. The highest BCUT2D eigenvalue weighted by Crippen LogP contribution is 2.25. The zero-order valence-electron chi connectivity index (χ0n) is 16.6. The molecule has 2 heterocycles. The summed E-state index contributed by atoms with van der Waals surface area (Å²) in [4.78, 5) is 24.0. The number of benzene rings is 1. The zero-order chi connectivity index (χ0) is 19.5. The molecule has 4 nitrogen and oxygen atoms in total. The van der Waals surface area contributed by atoms with Gasteiger partial charge in [-0.15, -0.1) is 11.3 Å². The lowest BCUT2D eigenvalue weighted by Gasteiger charge is -2.28. The van der Waals surface area contributed by atoms with Crippen LogP contribution >= 0.6 is 11.3 Å². The molecule has 0 saturated heterocycles. The monoisotopic (exact) mass is 393 g/mol. The molecule has 0 bridgehead atoms. The first-order valence-electron chi connectivity index (χ1n) is 10.0. The number of nitrogens with zero attached hydrogens (tertiary/aromatic N) is 2. The number of hydrogen-bond acceptors (Lipinski definition) is 3. The molecule has 3 aromatic rings. The number of aryl methyl sites for hydroxylation is 2. The third-order valence-electron chi connectivity index (χ3n) is 5.57. The highest BCUT2D eigenvalue weighted by molar-refractivity contribution is 7.13. The quantitative estimate of drug-likeness (QED) is 0.579. The van der Waals surface area contributed by atoms with E-state index in [0.717, 1.165) is 59.9 Å². The van der Waals surface area contributed by atoms with Gasteiger partial charge in [-0.05, 0) is 57.1 Å². The van der Waals surface area contributed by atoms with Crippen LogP contribution in [-0.4, -0.2) is 33.9 Å². The van der Waals surface area contributed by atoms with Crippen LogP contribution in [0.25, 0.3) is 10.9 Å². The third kappa shape index (κ3) is 4.04. The predicted octanol–water partition coefficient (Wildman–Crippen LogP) is 5.28. The number of aromatic nitrogens is 2. The number of allylic oxidation sites excluding steroid dienone is 2. The van der Waals surface area contributed by atoms with Gasteiger partial charge in [0.2, 0.25) is 0 Å². The molecule has 146 valence electrons. The average molecular weight is 394 g/mol. The van der Waals surface area contributed by atoms with E-state index in [2.05, 4.69) is 51.4 Å². The van der Waals surface area contributed by atoms with Gasteiger partial charge < -0.3 is 9.88 Å². The number of nitrogens with one attached hydrogen (secondary N) is 1. The predicted molar refractivity (Wildman–Crippen MR) is 116 cm³/mol. The van der Waals surface area contributed by atoms with Crippen molar-refractivity contribution >= 4 is 28.1 Å². The summed E-state index contributed by atoms with van der Waals surface area (Å²) >= 11 is 1.52. The molecule has 0 saturated carbocycles. The number of thiazole rings is 1. The van der Waals surface area contributed by atoms with E-state index in [-0.39, 0.29) is 5.91 Å². The van der Waals surface area contributed by atoms with Crippen LogP contribution in [0, 0.1) is 19.8 Å². The van der Waals surface area contributed by atoms with Gasteiger partial charge in [0, 0.05) is 30.2 Å². The van der Waals surface area contributed by atoms with Crippen LogP contribution in [0.3, 0.4) is 0 Å². The van der Waals surface area contributed by atoms with E-state index in [1.165, 1.54) is 22.3 Å². The molecule has 0 radical (unpaired) electrons. The fourth-order valence-corrected chi connectivity index (χ4v) is 4.96. The maximum absolute atomic E-state index is 13.3. The lowest BCUT2D eigenvalue weighted by atomic mass is 9.93. The van der Waals surface area contributed by atoms with Crippen LogP contribution in [0.15, 0.2) is 42.6 Å². The SMILES string of the molecule is Cc1nc(C)c(C(=O)N(CCc2c[nH]c3ccccc23)CC2CC=CCC2)s1. The van der Waals surface area contributed by atoms with E-state index in [1.54, 1.807) is 0 Å². The fraction of sp³-hybridized carbons (Fsp3) is 0.391. The number of carbonyl (C=O) groups is 1. The van der Waals surface area contributed by atoms with Gasteiger partial charge in [-0.25, -0.2) is 4.98 Å². The molecule has 1 amide bonds. The largest absolute Gasteiger partial charge is 0.361 e. The van der Waals surface area contributed by atoms with Crippen molar-refractivity contribution < 1.29 is 4.79 Å². The number of H-pyrrole nitrogens is 1. The maximum atomic E-state index is 13.3. The molecule has 1 aromatic carbocycles. The van der Waals surface area contributed by atoms with Crippen molar-refractivity contribution in [3.05, 3.63) is 63.8 Å². The summed E-state index contributed by atoms with van der Waals surface area (Å²) < 4.78 is 0. The zero-order valence-corrected chi connectivity index (χ0v) is 17.4. The van der Waals surface area contributed by atoms with Crippen LogP contribution in [-0.2, 0) is 6.42 Å². The number of para-hydroxylation sites is 1. The second kappa shape index (κ2) is 8.31. The molecule has 1 N–H and O–H groups in total. The molecule has 28 heavy (non-hydrogen) atoms. The molecule has 1 aliphatic carbocycles. The third-order valence-corrected chi connectivity index (χ3v) is 6.63. The molecule has 0 spiro atoms. The molecule has 0 fully saturated rings. The Morgan fingerprint density at radius 1 is 1.29 bits per heavy atom. The van der Waals surface area contributed by atoms with Crippen LogP contribution in [0.1, 0.15) is 45.2 Å². The molecule has 2 aromatic heterocycles. The van der Waals surface area contributed by atoms with Gasteiger partial charge in [0.15, 0.2) is 0 Å². The van der Waals surface area contributed by atoms with Gasteiger partial charge in [-0.2, -0.15) is 0 Å². The van der Waals surface area contributed by atoms with Crippen molar-refractivity contribution in [1.82, 2.24) is 14.9 Å². The van der Waals surface area contributed by atoms with Gasteiger partial charge >= 0.3 is 0 Å². The lowest BCUT2D eigenvalue weighted by Crippen LogP contribution is -2.37. The Hall–Kier alpha value is -2.40. The summed E-state index contributed by atoms with van der Waals surface area (Å²) in [6.07, 6.45) is 10.8. The van der Waals surface area contributed by atoms with Crippen molar-refractivity contribution in [2.45, 2.75) is 39.5 Å². The van der Waals surface area contributed by atoms with E-state index >= 15 is 0 Å². The number of hydrogen-bond donors (Lipinski definition) is 1. The summed E-state index contributed by atoms with van der Waals surface area (Å²) in [5, 5.41) is 2.21. The molecule has 1 atom stereocenters. The Bertz CT molecular complexity index is 1000. The Balaban J connectivity index is 1.54. The Morgan fingerprint density at radius 3 is 2.89 bits per heavy atom. The van der Waals surface area contributed by atoms with E-state index in [9.17, 15) is 4.79 Å². The van der Waals surface area contributed by atoms with Crippen LogP contribution in [0.5, 0.6) is 0 Å². The van der Waals surface area contributed by atoms with Crippen molar-refractivity contribution in [2.75, 3.05) is 13.1 Å². The molecule has 1 aliphatic rings. The summed E-state index contributed by atoms with van der Waals surface area (Å²) in [6.45, 7) is 5.47. The van der Waals surface area contributed by atoms with Crippen molar-refractivity contribution in [3.63, 3.8) is 0 Å². The maximum Gasteiger partial charge on any atom is 0.265 e. The number of amides is 1. The summed E-state index contributed by atoms with van der Waals surface area (Å²) in [6, 6.07) is 8.36. The Labute approximate surface area is 170 Å². The average Bonchev–Trinajstić information content (AvgIpc) is 3.27. The van der Waals surface area contributed by atoms with Gasteiger partial charge in [-0.3, -0.25) is 4.79 Å². The number of aromatic amines is 1. The first-order chi connectivity index (χ1) is 13.6. The Kier molecular flexibility index (Phi) is 5.62. The standard InChI is InChI=1S/C23H27N3OS/c1-16-22(28-17(2)25-16)23(27)26(15-18-8-4-3-5-9-18)13-12-19-14-24-21-11-7-6-10-20(19)21/h3-4,6-7,10-11,14,18,24H,5,8-9,12-13,15H2,1-2H3. The van der Waals surface area contributed by atoms with Crippen LogP contribution in [0.2, 0.25) is 0 Å². The molecule has 4 rings (SSSR count). The van der Waals surface area contributed by atoms with Crippen molar-refractivity contribution in [2.24, 2.45) is 5.92 Å². The van der Waals surface area contributed by atoms with E-state index < -0.39 is 0 Å². The van der Waals surface area contributed by atoms with Crippen molar-refractivity contribution in [3.8, 4) is 0 Å². The number of fused-ring (bicyclic) bond motifs is 1. The minimum Gasteiger partial charge on any atom is -0.361 e. The molecular formula is C23H27N3OS. The van der Waals surface area contributed by atoms with Gasteiger partial charge in [0.1, 0.15) is 4.88 Å². The van der Waals surface area contributed by atoms with Crippen LogP contribution < -0.4 is 0 Å². The lowest BCUT2D eigenvalue weighted by molar-refractivity contribution is 0.0730. The topological polar surface area (TPSA) is 49.0 Å². The highest BCUT2D eigenvalue weighted by atomic mass is 32.1. The van der Waals surface area contributed by atoms with Gasteiger partial charge in [0.25, 0.3) is 5.91 Å². The molecular weight excluding hydrogens is 366 g/mol. The first kappa shape index (κ1) is 18.9. The normalized spacial score (nSPS) is 16.6. The minimum atomic E-state index is 0.137. The molecule has 0 aliphatic heterocycles. The summed E-state index contributed by atoms with van der Waals surface area (Å²) in [5.74, 6) is 0.684. The molecule has 1 unspecified atom stereocenters. The van der Waals surface area contributed by atoms with E-state index in [0.29, 0.717) is 5.92 Å². The fourth-order valence-electron chi connectivity index (χ4n) is 4.08. The minimum absolute atomic E-state index is 0.137. The highest BCUT2D eigenvalue weighted by Gasteiger charge is 2.24. The van der Waals surface area contributed by atoms with Gasteiger partial charge in [-0.1, -0.05) is 30.4 Å². The second-order valence-electron chi connectivity index (χ2n) is 7.66. The van der Waals surface area contributed by atoms with E-state index in [1.807, 2.05) is 19.9 Å². The summed E-state index contributed by atoms with van der Waals surface area (Å²) in [5.41, 5.74) is 3.28. The molecule has 5 heteroatoms. The van der Waals surface area contributed by atoms with Crippen LogP contribution in [0.4, 0.5) is 0 Å². The smallest absolute Gasteiger partial charge is 0.265 e. The summed E-state index contributed by atoms with van der Waals surface area (Å²) in [7, 11) is 0. The Morgan fingerprint density at radius 2 is 2.14 bits per heavy atom. The van der Waals surface area contributed by atoms with Crippen molar-refractivity contribution in [1.29, 1.82) is 0 Å². The first-order valence-corrected chi connectivity index (χ1v) is 10.9. The number of rotatable bonds is 6.